The van der Waals surface area contributed by atoms with Gasteiger partial charge < -0.3 is 18.9 Å². The fourth-order valence-electron chi connectivity index (χ4n) is 3.02. The Balaban J connectivity index is 0.00000166. The summed E-state index contributed by atoms with van der Waals surface area (Å²) in [6.45, 7) is 11.2. The molecule has 0 saturated heterocycles. The number of rotatable bonds is 6. The maximum atomic E-state index is 12.1. The van der Waals surface area contributed by atoms with Crippen LogP contribution in [0.4, 0.5) is 4.79 Å². The molecule has 1 heterocycles. The van der Waals surface area contributed by atoms with Crippen LogP contribution in [0.1, 0.15) is 47.6 Å². The second-order valence-electron chi connectivity index (χ2n) is 7.99. The maximum absolute atomic E-state index is 12.1. The van der Waals surface area contributed by atoms with Crippen molar-refractivity contribution in [2.75, 3.05) is 20.2 Å². The van der Waals surface area contributed by atoms with Crippen molar-refractivity contribution in [2.24, 2.45) is 0 Å². The van der Waals surface area contributed by atoms with Crippen LogP contribution in [0.5, 0.6) is 5.75 Å². The van der Waals surface area contributed by atoms with Gasteiger partial charge in [-0.25, -0.2) is 4.79 Å². The Kier molecular flexibility index (Phi) is 10.8. The van der Waals surface area contributed by atoms with E-state index in [1.165, 1.54) is 10.5 Å². The lowest BCUT2D eigenvalue weighted by Crippen LogP contribution is -2.36. The van der Waals surface area contributed by atoms with Gasteiger partial charge in [0.25, 0.3) is 0 Å². The molecule has 6 heteroatoms. The van der Waals surface area contributed by atoms with Crippen molar-refractivity contribution in [1.29, 1.82) is 0 Å². The molecule has 0 aliphatic carbocycles. The van der Waals surface area contributed by atoms with E-state index in [-0.39, 0.29) is 13.5 Å². The summed E-state index contributed by atoms with van der Waals surface area (Å²) >= 11 is 3.67. The van der Waals surface area contributed by atoms with Gasteiger partial charge in [-0.2, -0.15) is 0 Å². The van der Waals surface area contributed by atoms with E-state index in [0.717, 1.165) is 27.7 Å². The van der Waals surface area contributed by atoms with E-state index in [0.29, 0.717) is 13.2 Å². The number of ether oxygens (including phenoxy) is 2. The van der Waals surface area contributed by atoms with E-state index in [9.17, 15) is 4.79 Å². The molecule has 0 bridgehead atoms. The lowest BCUT2D eigenvalue weighted by Gasteiger charge is -2.24. The zero-order valence-corrected chi connectivity index (χ0v) is 20.9. The Morgan fingerprint density at radius 1 is 1.06 bits per heavy atom. The first kappa shape index (κ1) is 27.6. The highest BCUT2D eigenvalue weighted by Crippen LogP contribution is 2.34. The van der Waals surface area contributed by atoms with Crippen molar-refractivity contribution in [3.05, 3.63) is 64.8 Å². The molecule has 2 aromatic carbocycles. The molecular weight excluding hydrogens is 468 g/mol. The molecule has 0 saturated carbocycles. The van der Waals surface area contributed by atoms with Crippen LogP contribution in [0, 0.1) is 0 Å². The molecule has 1 aromatic heterocycles. The Bertz CT molecular complexity index is 978. The van der Waals surface area contributed by atoms with E-state index < -0.39 is 5.60 Å². The van der Waals surface area contributed by atoms with Crippen LogP contribution in [0.15, 0.2) is 59.2 Å². The summed E-state index contributed by atoms with van der Waals surface area (Å²) in [6, 6.07) is 16.4. The molecule has 0 fully saturated rings. The monoisotopic (exact) mass is 504 g/mol. The van der Waals surface area contributed by atoms with E-state index >= 15 is 0 Å². The number of carbonyl (C=O) groups excluding carboxylic acids is 1. The molecule has 0 aliphatic rings. The molecule has 0 aliphatic heterocycles. The van der Waals surface area contributed by atoms with E-state index in [1.54, 1.807) is 7.05 Å². The number of benzene rings is 2. The van der Waals surface area contributed by atoms with Crippen LogP contribution >= 0.6 is 15.9 Å². The third-order valence-corrected chi connectivity index (χ3v) is 5.01. The summed E-state index contributed by atoms with van der Waals surface area (Å²) in [5.41, 5.74) is 1.82. The summed E-state index contributed by atoms with van der Waals surface area (Å²) in [4.78, 5) is 13.6. The number of amides is 1. The highest BCUT2D eigenvalue weighted by molar-refractivity contribution is 9.10. The van der Waals surface area contributed by atoms with Gasteiger partial charge in [0.1, 0.15) is 18.0 Å². The number of aromatic nitrogens is 1. The topological polar surface area (TPSA) is 43.7 Å². The number of hydrogen-bond acceptors (Lipinski definition) is 3. The second kappa shape index (κ2) is 12.5. The van der Waals surface area contributed by atoms with Crippen LogP contribution < -0.4 is 4.74 Å². The SMILES string of the molecule is C.CC.CN(CCOc1cccc2c1c(Br)cn2Cc1ccccc1)C(=O)OC(C)(C)C. The average Bonchev–Trinajstić information content (AvgIpc) is 3.05. The standard InChI is InChI=1S/C23H27BrN2O3.C2H6.CH4/c1-23(2,3)29-22(27)25(4)13-14-28-20-12-8-11-19-21(20)18(24)16-26(19)15-17-9-6-5-7-10-17;1-2;/h5-12,16H,13-15H2,1-4H3;1-2H3;1H4. The highest BCUT2D eigenvalue weighted by atomic mass is 79.9. The summed E-state index contributed by atoms with van der Waals surface area (Å²) in [5, 5.41) is 1.03. The lowest BCUT2D eigenvalue weighted by atomic mass is 10.2. The van der Waals surface area contributed by atoms with Crippen molar-refractivity contribution in [2.45, 2.75) is 54.2 Å². The van der Waals surface area contributed by atoms with Gasteiger partial charge in [0.2, 0.25) is 0 Å². The number of fused-ring (bicyclic) bond motifs is 1. The van der Waals surface area contributed by atoms with Gasteiger partial charge >= 0.3 is 6.09 Å². The molecule has 176 valence electrons. The summed E-state index contributed by atoms with van der Waals surface area (Å²) in [7, 11) is 1.71. The Morgan fingerprint density at radius 3 is 2.34 bits per heavy atom. The maximum Gasteiger partial charge on any atom is 0.410 e. The number of nitrogens with zero attached hydrogens (tertiary/aromatic N) is 2. The van der Waals surface area contributed by atoms with Crippen LogP contribution in [0.2, 0.25) is 0 Å². The van der Waals surface area contributed by atoms with E-state index in [1.807, 2.05) is 65.0 Å². The Morgan fingerprint density at radius 2 is 1.72 bits per heavy atom. The van der Waals surface area contributed by atoms with Crippen molar-refractivity contribution in [3.8, 4) is 5.75 Å². The predicted octanol–water partition coefficient (Wildman–Crippen LogP) is 7.36. The van der Waals surface area contributed by atoms with Crippen molar-refractivity contribution in [3.63, 3.8) is 0 Å². The third kappa shape index (κ3) is 7.59. The molecule has 0 N–H and O–H groups in total. The minimum atomic E-state index is -0.510. The van der Waals surface area contributed by atoms with E-state index in [2.05, 4.69) is 44.9 Å². The smallest absolute Gasteiger partial charge is 0.410 e. The number of hydrogen-bond donors (Lipinski definition) is 0. The third-order valence-electron chi connectivity index (χ3n) is 4.41. The fourth-order valence-corrected chi connectivity index (χ4v) is 3.67. The van der Waals surface area contributed by atoms with Gasteiger partial charge in [-0.15, -0.1) is 0 Å². The normalized spacial score (nSPS) is 10.6. The molecule has 32 heavy (non-hydrogen) atoms. The molecule has 3 aromatic rings. The van der Waals surface area contributed by atoms with Crippen molar-refractivity contribution >= 4 is 32.9 Å². The Labute approximate surface area is 201 Å². The van der Waals surface area contributed by atoms with Crippen molar-refractivity contribution in [1.82, 2.24) is 9.47 Å². The molecular formula is C26H37BrN2O3. The zero-order valence-electron chi connectivity index (χ0n) is 19.3. The first-order valence-electron chi connectivity index (χ1n) is 10.6. The highest BCUT2D eigenvalue weighted by Gasteiger charge is 2.19. The molecule has 0 spiro atoms. The summed E-state index contributed by atoms with van der Waals surface area (Å²) < 4.78 is 14.6. The Hall–Kier alpha value is -2.47. The molecule has 0 unspecified atom stereocenters. The van der Waals surface area contributed by atoms with Gasteiger partial charge in [0, 0.05) is 24.3 Å². The van der Waals surface area contributed by atoms with Crippen LogP contribution in [-0.4, -0.2) is 41.4 Å². The van der Waals surface area contributed by atoms with Gasteiger partial charge in [-0.1, -0.05) is 57.7 Å². The molecule has 5 nitrogen and oxygen atoms in total. The molecule has 3 rings (SSSR count). The molecule has 0 radical (unpaired) electrons. The predicted molar refractivity (Wildman–Crippen MR) is 138 cm³/mol. The van der Waals surface area contributed by atoms with Gasteiger partial charge in [-0.3, -0.25) is 0 Å². The van der Waals surface area contributed by atoms with Crippen LogP contribution in [-0.2, 0) is 11.3 Å². The summed E-state index contributed by atoms with van der Waals surface area (Å²) in [6.07, 6.45) is 1.73. The van der Waals surface area contributed by atoms with Gasteiger partial charge in [0.15, 0.2) is 0 Å². The van der Waals surface area contributed by atoms with Gasteiger partial charge in [0.05, 0.1) is 17.4 Å². The van der Waals surface area contributed by atoms with E-state index in [4.69, 9.17) is 9.47 Å². The number of likely N-dealkylation sites (N-methyl/N-ethyl adjacent to an activating group) is 1. The minimum absolute atomic E-state index is 0. The van der Waals surface area contributed by atoms with Crippen LogP contribution in [0.25, 0.3) is 10.9 Å². The molecule has 0 atom stereocenters. The first-order chi connectivity index (χ1) is 14.7. The summed E-state index contributed by atoms with van der Waals surface area (Å²) in [5.74, 6) is 0.791. The first-order valence-corrected chi connectivity index (χ1v) is 11.4. The lowest BCUT2D eigenvalue weighted by molar-refractivity contribution is 0.0278. The fraction of sp³-hybridized carbons (Fsp3) is 0.423. The zero-order chi connectivity index (χ0) is 23.0. The van der Waals surface area contributed by atoms with Crippen LogP contribution in [0.3, 0.4) is 0 Å². The molecule has 1 amide bonds. The minimum Gasteiger partial charge on any atom is -0.491 e. The average molecular weight is 505 g/mol. The van der Waals surface area contributed by atoms with Crippen molar-refractivity contribution < 1.29 is 14.3 Å². The number of carbonyl (C=O) groups is 1. The largest absolute Gasteiger partial charge is 0.491 e. The number of halogens is 1. The second-order valence-corrected chi connectivity index (χ2v) is 8.85. The van der Waals surface area contributed by atoms with Gasteiger partial charge in [-0.05, 0) is 54.4 Å². The quantitative estimate of drug-likeness (QED) is 0.352.